The van der Waals surface area contributed by atoms with Crippen molar-refractivity contribution in [3.8, 4) is 0 Å². The molecule has 0 spiro atoms. The first-order valence-corrected chi connectivity index (χ1v) is 4.28. The fourth-order valence-corrected chi connectivity index (χ4v) is 1.83. The van der Waals surface area contributed by atoms with E-state index in [1.54, 1.807) is 0 Å². The van der Waals surface area contributed by atoms with Gasteiger partial charge in [0.15, 0.2) is 0 Å². The van der Waals surface area contributed by atoms with E-state index in [9.17, 15) is 0 Å². The first-order chi connectivity index (χ1) is 5.70. The van der Waals surface area contributed by atoms with Gasteiger partial charge in [-0.3, -0.25) is 0 Å². The molecule has 11 heavy (non-hydrogen) atoms. The van der Waals surface area contributed by atoms with E-state index in [1.807, 2.05) is 13.0 Å². The predicted octanol–water partition coefficient (Wildman–Crippen LogP) is 3.13. The lowest BCUT2D eigenvalue weighted by molar-refractivity contribution is 0.590. The van der Waals surface area contributed by atoms with Crippen LogP contribution >= 0.6 is 0 Å². The van der Waals surface area contributed by atoms with E-state index in [4.69, 9.17) is 1.37 Å². The van der Waals surface area contributed by atoms with E-state index in [-0.39, 0.29) is 5.89 Å². The van der Waals surface area contributed by atoms with Crippen molar-refractivity contribution in [1.82, 2.24) is 0 Å². The number of rotatable bonds is 0. The van der Waals surface area contributed by atoms with E-state index < -0.39 is 0 Å². The Balaban J connectivity index is 2.52. The minimum Gasteiger partial charge on any atom is -0.0620 e. The zero-order chi connectivity index (χ0) is 8.60. The smallest absolute Gasteiger partial charge is 0.0349 e. The van der Waals surface area contributed by atoms with E-state index >= 15 is 0 Å². The molecule has 1 aliphatic rings. The highest BCUT2D eigenvalue weighted by atomic mass is 14.2. The second kappa shape index (κ2) is 2.69. The maximum absolute atomic E-state index is 8.11. The average molecular weight is 147 g/mol. The Morgan fingerprint density at radius 3 is 3.09 bits per heavy atom. The summed E-state index contributed by atoms with van der Waals surface area (Å²) < 4.78 is 8.11. The summed E-state index contributed by atoms with van der Waals surface area (Å²) in [5.74, 6) is -0.338. The fourth-order valence-electron chi connectivity index (χ4n) is 1.83. The van der Waals surface area contributed by atoms with Gasteiger partial charge in [-0.2, -0.15) is 0 Å². The molecule has 1 aliphatic carbocycles. The molecule has 1 unspecified atom stereocenters. The highest BCUT2D eigenvalue weighted by Gasteiger charge is 2.14. The van der Waals surface area contributed by atoms with Crippen LogP contribution in [0, 0.1) is 0 Å². The first kappa shape index (κ1) is 5.82. The number of benzene rings is 1. The van der Waals surface area contributed by atoms with Crippen LogP contribution in [0.5, 0.6) is 0 Å². The molecule has 0 nitrogen and oxygen atoms in total. The van der Waals surface area contributed by atoms with E-state index in [1.165, 1.54) is 11.1 Å². The molecule has 2 rings (SSSR count). The zero-order valence-electron chi connectivity index (χ0n) is 7.93. The van der Waals surface area contributed by atoms with Gasteiger partial charge in [0, 0.05) is 1.37 Å². The fraction of sp³-hybridized carbons (Fsp3) is 0.455. The Morgan fingerprint density at radius 2 is 2.27 bits per heavy atom. The molecule has 58 valence electrons. The van der Waals surface area contributed by atoms with Gasteiger partial charge < -0.3 is 0 Å². The van der Waals surface area contributed by atoms with Crippen LogP contribution < -0.4 is 0 Å². The molecule has 0 aliphatic heterocycles. The van der Waals surface area contributed by atoms with Crippen molar-refractivity contribution in [2.75, 3.05) is 0 Å². The van der Waals surface area contributed by atoms with Crippen LogP contribution in [-0.4, -0.2) is 0 Å². The summed E-state index contributed by atoms with van der Waals surface area (Å²) in [5.41, 5.74) is 2.61. The van der Waals surface area contributed by atoms with Gasteiger partial charge in [0.1, 0.15) is 0 Å². The maximum Gasteiger partial charge on any atom is 0.0349 e. The normalized spacial score (nSPS) is 30.8. The maximum atomic E-state index is 8.11. The lowest BCUT2D eigenvalue weighted by Gasteiger charge is -2.21. The minimum absolute atomic E-state index is 0.338. The Morgan fingerprint density at radius 1 is 1.45 bits per heavy atom. The van der Waals surface area contributed by atoms with E-state index in [0.717, 1.165) is 19.3 Å². The summed E-state index contributed by atoms with van der Waals surface area (Å²) >= 11 is 0. The molecule has 0 bridgehead atoms. The van der Waals surface area contributed by atoms with Crippen molar-refractivity contribution in [3.63, 3.8) is 0 Å². The molecule has 0 heterocycles. The van der Waals surface area contributed by atoms with Gasteiger partial charge in [-0.1, -0.05) is 31.2 Å². The first-order valence-electron chi connectivity index (χ1n) is 4.78. The van der Waals surface area contributed by atoms with Crippen LogP contribution in [0.3, 0.4) is 0 Å². The van der Waals surface area contributed by atoms with E-state index in [2.05, 4.69) is 18.2 Å². The molecular weight excluding hydrogens is 132 g/mol. The SMILES string of the molecule is [2H]C1(C)CCCc2ccccc21. The van der Waals surface area contributed by atoms with Crippen molar-refractivity contribution in [1.29, 1.82) is 0 Å². The third-order valence-electron chi connectivity index (χ3n) is 2.48. The number of aryl methyl sites for hydroxylation is 1. The van der Waals surface area contributed by atoms with Crippen molar-refractivity contribution >= 4 is 0 Å². The Kier molecular flexibility index (Phi) is 1.42. The van der Waals surface area contributed by atoms with Gasteiger partial charge in [-0.15, -0.1) is 0 Å². The summed E-state index contributed by atoms with van der Waals surface area (Å²) in [7, 11) is 0. The van der Waals surface area contributed by atoms with Crippen LogP contribution in [0.1, 0.15) is 38.2 Å². The molecule has 0 radical (unpaired) electrons. The number of hydrogen-bond acceptors (Lipinski definition) is 0. The molecule has 0 fully saturated rings. The molecule has 1 aromatic rings. The van der Waals surface area contributed by atoms with Crippen LogP contribution in [0.15, 0.2) is 24.3 Å². The number of fused-ring (bicyclic) bond motifs is 1. The molecule has 0 saturated carbocycles. The van der Waals surface area contributed by atoms with Crippen LogP contribution in [0.25, 0.3) is 0 Å². The molecule has 1 aromatic carbocycles. The van der Waals surface area contributed by atoms with Gasteiger partial charge in [-0.25, -0.2) is 0 Å². The highest BCUT2D eigenvalue weighted by Crippen LogP contribution is 2.30. The van der Waals surface area contributed by atoms with Gasteiger partial charge >= 0.3 is 0 Å². The molecule has 0 N–H and O–H groups in total. The van der Waals surface area contributed by atoms with Gasteiger partial charge in [0.2, 0.25) is 0 Å². The average Bonchev–Trinajstić information content (AvgIpc) is 2.04. The Bertz CT molecular complexity index is 289. The van der Waals surface area contributed by atoms with Gasteiger partial charge in [0.25, 0.3) is 0 Å². The quantitative estimate of drug-likeness (QED) is 0.529. The van der Waals surface area contributed by atoms with Crippen molar-refractivity contribution < 1.29 is 1.37 Å². The van der Waals surface area contributed by atoms with Crippen LogP contribution in [-0.2, 0) is 6.42 Å². The Hall–Kier alpha value is -0.780. The van der Waals surface area contributed by atoms with Gasteiger partial charge in [0.05, 0.1) is 0 Å². The largest absolute Gasteiger partial charge is 0.0620 e. The lowest BCUT2D eigenvalue weighted by Crippen LogP contribution is -2.05. The summed E-state index contributed by atoms with van der Waals surface area (Å²) in [6.45, 7) is 2.02. The highest BCUT2D eigenvalue weighted by molar-refractivity contribution is 5.31. The molecule has 0 heteroatoms. The van der Waals surface area contributed by atoms with Gasteiger partial charge in [-0.05, 0) is 36.3 Å². The molecule has 0 saturated heterocycles. The summed E-state index contributed by atoms with van der Waals surface area (Å²) in [5, 5.41) is 0. The monoisotopic (exact) mass is 147 g/mol. The topological polar surface area (TPSA) is 0 Å². The predicted molar refractivity (Wildman–Crippen MR) is 47.8 cm³/mol. The summed E-state index contributed by atoms with van der Waals surface area (Å²) in [4.78, 5) is 0. The lowest BCUT2D eigenvalue weighted by atomic mass is 9.84. The van der Waals surface area contributed by atoms with E-state index in [0.29, 0.717) is 0 Å². The molecule has 0 amide bonds. The third kappa shape index (κ3) is 1.18. The standard InChI is InChI=1S/C11H14/c1-9-5-4-7-10-6-2-3-8-11(9)10/h2-3,6,8-9H,4-5,7H2,1H3/i9D. The second-order valence-corrected chi connectivity index (χ2v) is 3.29. The summed E-state index contributed by atoms with van der Waals surface area (Å²) in [6.07, 6.45) is 3.33. The summed E-state index contributed by atoms with van der Waals surface area (Å²) in [6, 6.07) is 8.36. The van der Waals surface area contributed by atoms with Crippen molar-refractivity contribution in [2.24, 2.45) is 0 Å². The Labute approximate surface area is 69.7 Å². The molecule has 0 aromatic heterocycles. The second-order valence-electron chi connectivity index (χ2n) is 3.29. The zero-order valence-corrected chi connectivity index (χ0v) is 6.93. The third-order valence-corrected chi connectivity index (χ3v) is 2.48. The molecular formula is C11H14. The van der Waals surface area contributed by atoms with Crippen molar-refractivity contribution in [2.45, 2.75) is 32.1 Å². The van der Waals surface area contributed by atoms with Crippen LogP contribution in [0.2, 0.25) is 0 Å². The molecule has 1 atom stereocenters. The van der Waals surface area contributed by atoms with Crippen molar-refractivity contribution in [3.05, 3.63) is 35.4 Å². The minimum atomic E-state index is -0.338. The number of hydrogen-bond donors (Lipinski definition) is 0. The van der Waals surface area contributed by atoms with Crippen LogP contribution in [0.4, 0.5) is 0 Å².